The lowest BCUT2D eigenvalue weighted by Gasteiger charge is -2.17. The molecule has 82 valence electrons. The molecular formula is C10H16N4O. The molecule has 3 N–H and O–H groups in total. The fourth-order valence-corrected chi connectivity index (χ4v) is 1.14. The number of nitrogens with one attached hydrogen (secondary N) is 1. The Morgan fingerprint density at radius 3 is 2.87 bits per heavy atom. The Hall–Kier alpha value is -1.78. The van der Waals surface area contributed by atoms with Gasteiger partial charge >= 0.3 is 0 Å². The van der Waals surface area contributed by atoms with Crippen molar-refractivity contribution in [2.75, 3.05) is 31.3 Å². The van der Waals surface area contributed by atoms with Crippen LogP contribution in [0.25, 0.3) is 0 Å². The Morgan fingerprint density at radius 2 is 2.33 bits per heavy atom. The molecule has 0 aliphatic rings. The van der Waals surface area contributed by atoms with Crippen LogP contribution in [0, 0.1) is 6.92 Å². The minimum Gasteiger partial charge on any atom is -0.397 e. The number of nitrogens with two attached hydrogens (primary N) is 1. The van der Waals surface area contributed by atoms with Crippen molar-refractivity contribution in [2.24, 2.45) is 0 Å². The van der Waals surface area contributed by atoms with E-state index in [0.29, 0.717) is 5.69 Å². The summed E-state index contributed by atoms with van der Waals surface area (Å²) in [5.41, 5.74) is 7.28. The van der Waals surface area contributed by atoms with Gasteiger partial charge in [-0.1, -0.05) is 0 Å². The second-order valence-corrected chi connectivity index (χ2v) is 3.43. The van der Waals surface area contributed by atoms with Gasteiger partial charge in [-0.05, 0) is 18.6 Å². The number of anilines is 2. The number of amides is 1. The summed E-state index contributed by atoms with van der Waals surface area (Å²) in [6.07, 6.45) is 1.60. The summed E-state index contributed by atoms with van der Waals surface area (Å²) >= 11 is 0. The van der Waals surface area contributed by atoms with Gasteiger partial charge in [0.15, 0.2) is 0 Å². The molecule has 0 atom stereocenters. The number of pyridine rings is 1. The Balaban J connectivity index is 2.78. The quantitative estimate of drug-likeness (QED) is 0.742. The van der Waals surface area contributed by atoms with Gasteiger partial charge in [0.05, 0.1) is 18.4 Å². The van der Waals surface area contributed by atoms with Crippen LogP contribution in [0.2, 0.25) is 0 Å². The number of rotatable bonds is 3. The average molecular weight is 208 g/mol. The van der Waals surface area contributed by atoms with Crippen LogP contribution < -0.4 is 16.0 Å². The maximum absolute atomic E-state index is 11.1. The minimum absolute atomic E-state index is 0.0474. The monoisotopic (exact) mass is 208 g/mol. The van der Waals surface area contributed by atoms with Crippen molar-refractivity contribution in [2.45, 2.75) is 6.92 Å². The van der Waals surface area contributed by atoms with E-state index in [4.69, 9.17) is 5.73 Å². The van der Waals surface area contributed by atoms with Crippen LogP contribution in [-0.2, 0) is 4.79 Å². The summed E-state index contributed by atoms with van der Waals surface area (Å²) < 4.78 is 0. The number of hydrogen-bond acceptors (Lipinski definition) is 4. The highest BCUT2D eigenvalue weighted by Gasteiger charge is 2.07. The fourth-order valence-electron chi connectivity index (χ4n) is 1.14. The number of aryl methyl sites for hydroxylation is 1. The van der Waals surface area contributed by atoms with E-state index in [9.17, 15) is 4.79 Å². The van der Waals surface area contributed by atoms with E-state index in [1.54, 1.807) is 18.1 Å². The summed E-state index contributed by atoms with van der Waals surface area (Å²) in [4.78, 5) is 17.1. The highest BCUT2D eigenvalue weighted by Crippen LogP contribution is 2.15. The molecule has 0 aliphatic carbocycles. The van der Waals surface area contributed by atoms with E-state index in [0.717, 1.165) is 11.4 Å². The number of nitrogens with zero attached hydrogens (tertiary/aromatic N) is 2. The van der Waals surface area contributed by atoms with Crippen LogP contribution in [-0.4, -0.2) is 31.5 Å². The molecule has 0 unspecified atom stereocenters. The second kappa shape index (κ2) is 4.63. The van der Waals surface area contributed by atoms with E-state index in [-0.39, 0.29) is 12.5 Å². The first-order valence-electron chi connectivity index (χ1n) is 4.68. The predicted octanol–water partition coefficient (Wildman–Crippen LogP) is 0.154. The lowest BCUT2D eigenvalue weighted by Crippen LogP contribution is -2.33. The molecule has 0 saturated carbocycles. The first kappa shape index (κ1) is 11.3. The summed E-state index contributed by atoms with van der Waals surface area (Å²) in [5, 5.41) is 2.56. The molecule has 1 heterocycles. The standard InChI is InChI=1S/C10H16N4O/c1-7-4-9(13-5-8(7)11)14(3)6-10(15)12-2/h4-5H,6,11H2,1-3H3,(H,12,15). The highest BCUT2D eigenvalue weighted by atomic mass is 16.1. The summed E-state index contributed by atoms with van der Waals surface area (Å²) in [6, 6.07) is 1.86. The molecule has 1 rings (SSSR count). The highest BCUT2D eigenvalue weighted by molar-refractivity contribution is 5.80. The smallest absolute Gasteiger partial charge is 0.239 e. The van der Waals surface area contributed by atoms with Crippen molar-refractivity contribution in [1.29, 1.82) is 0 Å². The van der Waals surface area contributed by atoms with Crippen molar-refractivity contribution in [1.82, 2.24) is 10.3 Å². The first-order valence-corrected chi connectivity index (χ1v) is 4.68. The molecule has 0 spiro atoms. The molecule has 1 amide bonds. The fraction of sp³-hybridized carbons (Fsp3) is 0.400. The van der Waals surface area contributed by atoms with Crippen LogP contribution in [0.5, 0.6) is 0 Å². The molecule has 0 aromatic carbocycles. The third-order valence-electron chi connectivity index (χ3n) is 2.19. The van der Waals surface area contributed by atoms with Crippen LogP contribution in [0.4, 0.5) is 11.5 Å². The topological polar surface area (TPSA) is 71.2 Å². The third kappa shape index (κ3) is 2.83. The number of carbonyl (C=O) groups is 1. The molecule has 15 heavy (non-hydrogen) atoms. The van der Waals surface area contributed by atoms with Gasteiger partial charge in [-0.15, -0.1) is 0 Å². The number of aromatic nitrogens is 1. The molecule has 1 aromatic heterocycles. The maximum Gasteiger partial charge on any atom is 0.239 e. The SMILES string of the molecule is CNC(=O)CN(C)c1cc(C)c(N)cn1. The molecule has 0 saturated heterocycles. The number of carbonyl (C=O) groups excluding carboxylic acids is 1. The van der Waals surface area contributed by atoms with E-state index in [1.165, 1.54) is 0 Å². The predicted molar refractivity (Wildman–Crippen MR) is 60.7 cm³/mol. The summed E-state index contributed by atoms with van der Waals surface area (Å²) in [7, 11) is 3.42. The van der Waals surface area contributed by atoms with E-state index in [2.05, 4.69) is 10.3 Å². The van der Waals surface area contributed by atoms with Gasteiger partial charge in [0.25, 0.3) is 0 Å². The van der Waals surface area contributed by atoms with Crippen molar-refractivity contribution in [3.05, 3.63) is 17.8 Å². The van der Waals surface area contributed by atoms with Crippen LogP contribution in [0.15, 0.2) is 12.3 Å². The largest absolute Gasteiger partial charge is 0.397 e. The zero-order valence-electron chi connectivity index (χ0n) is 9.24. The molecule has 0 aliphatic heterocycles. The molecular weight excluding hydrogens is 192 g/mol. The number of likely N-dealkylation sites (N-methyl/N-ethyl adjacent to an activating group) is 2. The van der Waals surface area contributed by atoms with Gasteiger partial charge < -0.3 is 16.0 Å². The molecule has 0 fully saturated rings. The van der Waals surface area contributed by atoms with Gasteiger partial charge in [0.1, 0.15) is 5.82 Å². The van der Waals surface area contributed by atoms with Gasteiger partial charge in [-0.25, -0.2) is 4.98 Å². The molecule has 5 heteroatoms. The zero-order valence-corrected chi connectivity index (χ0v) is 9.24. The number of nitrogen functional groups attached to an aromatic ring is 1. The molecule has 5 nitrogen and oxygen atoms in total. The lowest BCUT2D eigenvalue weighted by atomic mass is 10.2. The van der Waals surface area contributed by atoms with Gasteiger partial charge in [-0.3, -0.25) is 4.79 Å². The lowest BCUT2D eigenvalue weighted by molar-refractivity contribution is -0.119. The van der Waals surface area contributed by atoms with Crippen LogP contribution >= 0.6 is 0 Å². The van der Waals surface area contributed by atoms with Crippen molar-refractivity contribution >= 4 is 17.4 Å². The van der Waals surface area contributed by atoms with Crippen LogP contribution in [0.3, 0.4) is 0 Å². The molecule has 0 bridgehead atoms. The van der Waals surface area contributed by atoms with E-state index < -0.39 is 0 Å². The first-order chi connectivity index (χ1) is 7.04. The van der Waals surface area contributed by atoms with Crippen molar-refractivity contribution in [3.8, 4) is 0 Å². The number of hydrogen-bond donors (Lipinski definition) is 2. The van der Waals surface area contributed by atoms with Gasteiger partial charge in [0, 0.05) is 14.1 Å². The Kier molecular flexibility index (Phi) is 3.49. The van der Waals surface area contributed by atoms with Gasteiger partial charge in [-0.2, -0.15) is 0 Å². The molecule has 0 radical (unpaired) electrons. The Labute approximate surface area is 89.3 Å². The van der Waals surface area contributed by atoms with E-state index >= 15 is 0 Å². The van der Waals surface area contributed by atoms with Gasteiger partial charge in [0.2, 0.25) is 5.91 Å². The Bertz CT molecular complexity index is 364. The third-order valence-corrected chi connectivity index (χ3v) is 2.19. The molecule has 1 aromatic rings. The van der Waals surface area contributed by atoms with Crippen molar-refractivity contribution < 1.29 is 4.79 Å². The van der Waals surface area contributed by atoms with Crippen molar-refractivity contribution in [3.63, 3.8) is 0 Å². The zero-order chi connectivity index (χ0) is 11.4. The van der Waals surface area contributed by atoms with Crippen LogP contribution in [0.1, 0.15) is 5.56 Å². The Morgan fingerprint density at radius 1 is 1.67 bits per heavy atom. The minimum atomic E-state index is -0.0474. The normalized spacial score (nSPS) is 9.80. The average Bonchev–Trinajstić information content (AvgIpc) is 2.21. The summed E-state index contributed by atoms with van der Waals surface area (Å²) in [6.45, 7) is 2.20. The maximum atomic E-state index is 11.1. The second-order valence-electron chi connectivity index (χ2n) is 3.43. The summed E-state index contributed by atoms with van der Waals surface area (Å²) in [5.74, 6) is 0.694. The van der Waals surface area contributed by atoms with E-state index in [1.807, 2.05) is 20.0 Å².